The minimum absolute atomic E-state index is 0.384. The van der Waals surface area contributed by atoms with Gasteiger partial charge in [0.2, 0.25) is 0 Å². The Bertz CT molecular complexity index is 598. The molecule has 6 heteroatoms. The molecule has 1 unspecified atom stereocenters. The van der Waals surface area contributed by atoms with Gasteiger partial charge in [-0.05, 0) is 40.2 Å². The summed E-state index contributed by atoms with van der Waals surface area (Å²) in [5.74, 6) is 1.53. The molecule has 0 radical (unpaired) electrons. The fourth-order valence-corrected chi connectivity index (χ4v) is 2.78. The molecule has 0 spiro atoms. The third-order valence-corrected chi connectivity index (χ3v) is 4.21. The predicted molar refractivity (Wildman–Crippen MR) is 109 cm³/mol. The van der Waals surface area contributed by atoms with Gasteiger partial charge in [0.25, 0.3) is 0 Å². The standard InChI is InChI=1S/C21H36N2O4/c1-8-9-12-21(5,23-19(24)27-20(2,3)4)15-22-14-16-10-11-17(25-6)13-18(16)26-7/h10-11,13,22H,8-9,12,14-15H2,1-7H3,(H,23,24). The van der Waals surface area contributed by atoms with Gasteiger partial charge in [0.05, 0.1) is 19.8 Å². The van der Waals surface area contributed by atoms with E-state index in [-0.39, 0.29) is 6.09 Å². The van der Waals surface area contributed by atoms with E-state index >= 15 is 0 Å². The summed E-state index contributed by atoms with van der Waals surface area (Å²) in [6.07, 6.45) is 2.58. The van der Waals surface area contributed by atoms with Crippen LogP contribution in [0, 0.1) is 0 Å². The number of ether oxygens (including phenoxy) is 3. The molecule has 0 saturated carbocycles. The molecule has 2 N–H and O–H groups in total. The van der Waals surface area contributed by atoms with Gasteiger partial charge in [-0.1, -0.05) is 25.8 Å². The zero-order valence-electron chi connectivity index (χ0n) is 17.9. The Morgan fingerprint density at radius 3 is 2.37 bits per heavy atom. The van der Waals surface area contributed by atoms with Crippen LogP contribution in [-0.2, 0) is 11.3 Å². The molecular formula is C21H36N2O4. The average Bonchev–Trinajstić information content (AvgIpc) is 2.58. The first-order chi connectivity index (χ1) is 12.6. The van der Waals surface area contributed by atoms with Crippen LogP contribution >= 0.6 is 0 Å². The smallest absolute Gasteiger partial charge is 0.408 e. The van der Waals surface area contributed by atoms with Crippen LogP contribution in [0.15, 0.2) is 18.2 Å². The maximum atomic E-state index is 12.2. The lowest BCUT2D eigenvalue weighted by Crippen LogP contribution is -2.53. The van der Waals surface area contributed by atoms with E-state index in [9.17, 15) is 4.79 Å². The maximum Gasteiger partial charge on any atom is 0.408 e. The van der Waals surface area contributed by atoms with Gasteiger partial charge in [-0.2, -0.15) is 0 Å². The third-order valence-electron chi connectivity index (χ3n) is 4.21. The molecule has 27 heavy (non-hydrogen) atoms. The van der Waals surface area contributed by atoms with Crippen molar-refractivity contribution in [3.05, 3.63) is 23.8 Å². The number of carbonyl (C=O) groups excluding carboxylic acids is 1. The number of carbonyl (C=O) groups is 1. The minimum atomic E-state index is -0.514. The maximum absolute atomic E-state index is 12.2. The molecule has 1 rings (SSSR count). The number of methoxy groups -OCH3 is 2. The largest absolute Gasteiger partial charge is 0.497 e. The number of unbranched alkanes of at least 4 members (excludes halogenated alkanes) is 1. The summed E-state index contributed by atoms with van der Waals surface area (Å²) < 4.78 is 16.1. The summed E-state index contributed by atoms with van der Waals surface area (Å²) >= 11 is 0. The molecule has 0 fully saturated rings. The molecule has 0 saturated heterocycles. The van der Waals surface area contributed by atoms with Crippen molar-refractivity contribution in [3.63, 3.8) is 0 Å². The summed E-state index contributed by atoms with van der Waals surface area (Å²) in [7, 11) is 3.28. The Labute approximate surface area is 164 Å². The third kappa shape index (κ3) is 8.52. The second-order valence-corrected chi connectivity index (χ2v) is 8.07. The molecule has 0 aliphatic heterocycles. The van der Waals surface area contributed by atoms with E-state index in [2.05, 4.69) is 17.6 Å². The number of nitrogens with one attached hydrogen (secondary N) is 2. The van der Waals surface area contributed by atoms with Gasteiger partial charge in [-0.25, -0.2) is 4.79 Å². The van der Waals surface area contributed by atoms with Crippen LogP contribution in [0.4, 0.5) is 4.79 Å². The average molecular weight is 381 g/mol. The predicted octanol–water partition coefficient (Wildman–Crippen LogP) is 4.27. The van der Waals surface area contributed by atoms with Crippen molar-refractivity contribution in [2.45, 2.75) is 71.6 Å². The monoisotopic (exact) mass is 380 g/mol. The number of alkyl carbamates (subject to hydrolysis) is 1. The van der Waals surface area contributed by atoms with Gasteiger partial charge in [0.15, 0.2) is 0 Å². The van der Waals surface area contributed by atoms with E-state index in [4.69, 9.17) is 14.2 Å². The van der Waals surface area contributed by atoms with Crippen LogP contribution in [0.2, 0.25) is 0 Å². The van der Waals surface area contributed by atoms with E-state index < -0.39 is 11.1 Å². The Kier molecular flexibility index (Phi) is 8.89. The first kappa shape index (κ1) is 23.1. The van der Waals surface area contributed by atoms with E-state index in [0.717, 1.165) is 36.3 Å². The van der Waals surface area contributed by atoms with Crippen LogP contribution in [0.3, 0.4) is 0 Å². The summed E-state index contributed by atoms with van der Waals surface area (Å²) in [5.41, 5.74) is 0.130. The number of hydrogen-bond donors (Lipinski definition) is 2. The van der Waals surface area contributed by atoms with Gasteiger partial charge in [-0.3, -0.25) is 0 Å². The van der Waals surface area contributed by atoms with Crippen molar-refractivity contribution in [2.75, 3.05) is 20.8 Å². The van der Waals surface area contributed by atoms with Crippen LogP contribution in [0.25, 0.3) is 0 Å². The normalized spacial score (nSPS) is 13.6. The number of amides is 1. The molecule has 1 amide bonds. The summed E-state index contributed by atoms with van der Waals surface area (Å²) in [5, 5.41) is 6.48. The molecule has 6 nitrogen and oxygen atoms in total. The Morgan fingerprint density at radius 1 is 1.11 bits per heavy atom. The van der Waals surface area contributed by atoms with Crippen LogP contribution < -0.4 is 20.1 Å². The van der Waals surface area contributed by atoms with Crippen LogP contribution in [0.5, 0.6) is 11.5 Å². The molecule has 0 aromatic heterocycles. The van der Waals surface area contributed by atoms with Gasteiger partial charge >= 0.3 is 6.09 Å². The summed E-state index contributed by atoms with van der Waals surface area (Å²) in [6, 6.07) is 5.76. The van der Waals surface area contributed by atoms with Crippen molar-refractivity contribution < 1.29 is 19.0 Å². The minimum Gasteiger partial charge on any atom is -0.497 e. The summed E-state index contributed by atoms with van der Waals surface area (Å²) in [6.45, 7) is 11.0. The van der Waals surface area contributed by atoms with Gasteiger partial charge < -0.3 is 24.8 Å². The zero-order valence-corrected chi connectivity index (χ0v) is 17.9. The highest BCUT2D eigenvalue weighted by atomic mass is 16.6. The molecule has 0 bridgehead atoms. The Morgan fingerprint density at radius 2 is 1.81 bits per heavy atom. The molecular weight excluding hydrogens is 344 g/mol. The number of benzene rings is 1. The van der Waals surface area contributed by atoms with Gasteiger partial charge in [0.1, 0.15) is 17.1 Å². The SMILES string of the molecule is CCCCC(C)(CNCc1ccc(OC)cc1OC)NC(=O)OC(C)(C)C. The van der Waals surface area contributed by atoms with E-state index in [1.807, 2.05) is 45.9 Å². The molecule has 154 valence electrons. The van der Waals surface area contributed by atoms with E-state index in [0.29, 0.717) is 13.1 Å². The highest BCUT2D eigenvalue weighted by Gasteiger charge is 2.28. The number of hydrogen-bond acceptors (Lipinski definition) is 5. The summed E-state index contributed by atoms with van der Waals surface area (Å²) in [4.78, 5) is 12.2. The lowest BCUT2D eigenvalue weighted by molar-refractivity contribution is 0.0456. The van der Waals surface area contributed by atoms with Gasteiger partial charge in [-0.15, -0.1) is 0 Å². The van der Waals surface area contributed by atoms with Crippen molar-refractivity contribution in [2.24, 2.45) is 0 Å². The molecule has 1 atom stereocenters. The molecule has 0 aliphatic carbocycles. The zero-order chi connectivity index (χ0) is 20.5. The number of rotatable bonds is 10. The molecule has 1 aromatic carbocycles. The fourth-order valence-electron chi connectivity index (χ4n) is 2.78. The highest BCUT2D eigenvalue weighted by molar-refractivity contribution is 5.68. The van der Waals surface area contributed by atoms with Crippen LogP contribution in [0.1, 0.15) is 59.4 Å². The van der Waals surface area contributed by atoms with E-state index in [1.165, 1.54) is 0 Å². The first-order valence-electron chi connectivity index (χ1n) is 9.55. The highest BCUT2D eigenvalue weighted by Crippen LogP contribution is 2.24. The van der Waals surface area contributed by atoms with Crippen molar-refractivity contribution in [1.82, 2.24) is 10.6 Å². The Balaban J connectivity index is 2.73. The van der Waals surface area contributed by atoms with E-state index in [1.54, 1.807) is 14.2 Å². The second kappa shape index (κ2) is 10.4. The quantitative estimate of drug-likeness (QED) is 0.634. The molecule has 0 aliphatic rings. The van der Waals surface area contributed by atoms with Crippen LogP contribution in [-0.4, -0.2) is 38.0 Å². The second-order valence-electron chi connectivity index (χ2n) is 8.07. The van der Waals surface area contributed by atoms with Crippen molar-refractivity contribution in [1.29, 1.82) is 0 Å². The Hall–Kier alpha value is -1.95. The molecule has 0 heterocycles. The van der Waals surface area contributed by atoms with Crippen molar-refractivity contribution >= 4 is 6.09 Å². The first-order valence-corrected chi connectivity index (χ1v) is 9.55. The lowest BCUT2D eigenvalue weighted by Gasteiger charge is -2.32. The topological polar surface area (TPSA) is 68.8 Å². The fraction of sp³-hybridized carbons (Fsp3) is 0.667. The molecule has 1 aromatic rings. The van der Waals surface area contributed by atoms with Crippen molar-refractivity contribution in [3.8, 4) is 11.5 Å². The lowest BCUT2D eigenvalue weighted by atomic mass is 9.94. The van der Waals surface area contributed by atoms with Gasteiger partial charge in [0, 0.05) is 24.7 Å².